The molecule has 2 aromatic rings. The maximum atomic E-state index is 16.4. The Morgan fingerprint density at radius 1 is 1.33 bits per heavy atom. The number of rotatable bonds is 5. The highest BCUT2D eigenvalue weighted by molar-refractivity contribution is 6.31. The van der Waals surface area contributed by atoms with Gasteiger partial charge in [-0.05, 0) is 68.8 Å². The van der Waals surface area contributed by atoms with E-state index in [0.717, 1.165) is 23.8 Å². The lowest BCUT2D eigenvalue weighted by Gasteiger charge is -2.36. The fourth-order valence-electron chi connectivity index (χ4n) is 2.49. The molecule has 2 heterocycles. The lowest BCUT2D eigenvalue weighted by molar-refractivity contribution is 0.0389. The summed E-state index contributed by atoms with van der Waals surface area (Å²) in [5.74, 6) is -2.43. The van der Waals surface area contributed by atoms with Gasteiger partial charge in [0.05, 0.1) is 5.02 Å². The summed E-state index contributed by atoms with van der Waals surface area (Å²) in [6.07, 6.45) is -6.74. The Labute approximate surface area is 174 Å². The minimum atomic E-state index is -3.69. The maximum absolute atomic E-state index is 16.4. The largest absolute Gasteiger partial charge is 0.338 e. The van der Waals surface area contributed by atoms with Crippen LogP contribution < -0.4 is 0 Å². The molecule has 1 aliphatic heterocycles. The first-order chi connectivity index (χ1) is 15.9. The summed E-state index contributed by atoms with van der Waals surface area (Å²) in [6.45, 7) is -5.47. The Bertz CT molecular complexity index is 1100. The second-order valence-electron chi connectivity index (χ2n) is 6.22. The van der Waals surface area contributed by atoms with Gasteiger partial charge in [0.15, 0.2) is 0 Å². The molecule has 3 nitrogen and oxygen atoms in total. The van der Waals surface area contributed by atoms with Crippen LogP contribution in [-0.4, -0.2) is 34.5 Å². The normalized spacial score (nSPS) is 28.2. The van der Waals surface area contributed by atoms with Crippen molar-refractivity contribution < 1.29 is 24.5 Å². The Hall–Kier alpha value is -2.01. The molecule has 1 fully saturated rings. The quantitative estimate of drug-likeness (QED) is 0.695. The number of benzene rings is 1. The first kappa shape index (κ1) is 11.7. The molecule has 1 aromatic carbocycles. The summed E-state index contributed by atoms with van der Waals surface area (Å²) in [5.41, 5.74) is -2.79. The second-order valence-corrected chi connectivity index (χ2v) is 6.63. The van der Waals surface area contributed by atoms with Crippen molar-refractivity contribution in [2.75, 3.05) is 13.0 Å². The molecule has 1 saturated heterocycles. The second kappa shape index (κ2) is 8.34. The minimum absolute atomic E-state index is 0.112. The summed E-state index contributed by atoms with van der Waals surface area (Å²) >= 11 is 5.67. The van der Waals surface area contributed by atoms with Crippen molar-refractivity contribution in [3.63, 3.8) is 0 Å². The van der Waals surface area contributed by atoms with Crippen LogP contribution in [0.3, 0.4) is 0 Å². The van der Waals surface area contributed by atoms with Crippen LogP contribution in [0.5, 0.6) is 0 Å². The lowest BCUT2D eigenvalue weighted by atomic mass is 9.87. The van der Waals surface area contributed by atoms with Gasteiger partial charge in [0.1, 0.15) is 11.5 Å². The highest BCUT2D eigenvalue weighted by Crippen LogP contribution is 2.32. The number of hydrogen-bond donors (Lipinski definition) is 0. The van der Waals surface area contributed by atoms with Crippen molar-refractivity contribution in [3.8, 4) is 0 Å². The van der Waals surface area contributed by atoms with E-state index in [1.165, 1.54) is 0 Å². The fraction of sp³-hybridized carbons (Fsp3) is 0.429. The van der Waals surface area contributed by atoms with Gasteiger partial charge >= 0.3 is 0 Å². The monoisotopic (exact) mass is 400 g/mol. The molecule has 0 N–H and O–H groups in total. The average molecular weight is 401 g/mol. The molecule has 6 heteroatoms. The van der Waals surface area contributed by atoms with Crippen LogP contribution in [0.25, 0.3) is 0 Å². The average Bonchev–Trinajstić information content (AvgIpc) is 2.75. The fourth-order valence-corrected chi connectivity index (χ4v) is 2.67. The molecule has 1 aromatic heterocycles. The Kier molecular flexibility index (Phi) is 3.63. The van der Waals surface area contributed by atoms with Gasteiger partial charge in [-0.2, -0.15) is 0 Å². The number of aromatic nitrogens is 1. The minimum Gasteiger partial charge on any atom is -0.338 e. The topological polar surface area (TPSA) is 33.2 Å². The number of alkyl halides is 1. The van der Waals surface area contributed by atoms with E-state index in [1.54, 1.807) is 18.3 Å². The van der Waals surface area contributed by atoms with Crippen LogP contribution in [0.4, 0.5) is 8.78 Å². The smallest absolute Gasteiger partial charge is 0.253 e. The summed E-state index contributed by atoms with van der Waals surface area (Å²) < 4.78 is 96.3. The number of hydrogen-bond acceptors (Lipinski definition) is 2. The molecule has 0 spiro atoms. The molecule has 0 radical (unpaired) electrons. The van der Waals surface area contributed by atoms with E-state index >= 15 is 4.39 Å². The summed E-state index contributed by atoms with van der Waals surface area (Å²) in [6, 6.07) is 5.84. The first-order valence-electron chi connectivity index (χ1n) is 12.3. The van der Waals surface area contributed by atoms with Crippen molar-refractivity contribution in [2.45, 2.75) is 44.6 Å². The molecule has 1 amide bonds. The van der Waals surface area contributed by atoms with Gasteiger partial charge in [-0.15, -0.1) is 0 Å². The third kappa shape index (κ3) is 5.04. The van der Waals surface area contributed by atoms with E-state index in [9.17, 15) is 9.18 Å². The summed E-state index contributed by atoms with van der Waals surface area (Å²) in [4.78, 5) is 17.0. The van der Waals surface area contributed by atoms with E-state index < -0.39 is 60.1 Å². The molecule has 0 saturated carbocycles. The number of piperidine rings is 1. The Morgan fingerprint density at radius 3 is 2.70 bits per heavy atom. The van der Waals surface area contributed by atoms with Crippen molar-refractivity contribution in [2.24, 2.45) is 0 Å². The van der Waals surface area contributed by atoms with Crippen LogP contribution in [-0.2, 0) is 6.42 Å². The van der Waals surface area contributed by atoms with Gasteiger partial charge < -0.3 is 4.90 Å². The van der Waals surface area contributed by atoms with Crippen molar-refractivity contribution >= 4 is 17.5 Å². The van der Waals surface area contributed by atoms with Crippen LogP contribution in [0.15, 0.2) is 36.5 Å². The number of halogens is 3. The van der Waals surface area contributed by atoms with E-state index in [4.69, 9.17) is 22.6 Å². The Balaban J connectivity index is 2.02. The molecule has 27 heavy (non-hydrogen) atoms. The van der Waals surface area contributed by atoms with E-state index in [-0.39, 0.29) is 17.7 Å². The molecule has 0 bridgehead atoms. The van der Waals surface area contributed by atoms with Gasteiger partial charge in [0.25, 0.3) is 5.91 Å². The van der Waals surface area contributed by atoms with Crippen LogP contribution >= 0.6 is 11.6 Å². The number of carbonyl (C=O) groups excluding carboxylic acids is 1. The van der Waals surface area contributed by atoms with E-state index in [1.807, 2.05) is 6.92 Å². The van der Waals surface area contributed by atoms with Crippen molar-refractivity contribution in [3.05, 3.63) is 64.2 Å². The highest BCUT2D eigenvalue weighted by atomic mass is 35.5. The predicted octanol–water partition coefficient (Wildman–Crippen LogP) is 5.15. The predicted molar refractivity (Wildman–Crippen MR) is 102 cm³/mol. The number of likely N-dealkylation sites (tertiary alicyclic amines) is 1. The maximum Gasteiger partial charge on any atom is 0.253 e. The molecule has 0 unspecified atom stereocenters. The zero-order chi connectivity index (χ0) is 26.6. The standard InChI is InChI=1S/C21H23ClF2N2O/c1-15-4-6-17(25-14-15)3-2-8-21(24)9-11-26(12-10-21)20(27)16-5-7-19(23)18(22)13-16/h4-7,13-14H,2-3,8-12H2,1H3/i9D2,10D2,11D2,12D2. The van der Waals surface area contributed by atoms with E-state index in [0.29, 0.717) is 5.69 Å². The number of amides is 1. The van der Waals surface area contributed by atoms with Gasteiger partial charge in [-0.1, -0.05) is 17.7 Å². The van der Waals surface area contributed by atoms with Gasteiger partial charge in [0.2, 0.25) is 0 Å². The number of aryl methyl sites for hydroxylation is 2. The van der Waals surface area contributed by atoms with Crippen molar-refractivity contribution in [1.82, 2.24) is 9.88 Å². The summed E-state index contributed by atoms with van der Waals surface area (Å²) in [7, 11) is 0. The van der Waals surface area contributed by atoms with Gasteiger partial charge in [0, 0.05) is 41.4 Å². The SMILES string of the molecule is [2H]C1([2H])N(C(=O)c2ccc(F)c(Cl)c2)C([2H])([2H])C([2H])([2H])C(F)(CCCc2ccc(C)cn2)C1([2H])[2H]. The van der Waals surface area contributed by atoms with Crippen LogP contribution in [0.1, 0.15) is 58.2 Å². The zero-order valence-electron chi connectivity index (χ0n) is 22.5. The van der Waals surface area contributed by atoms with Crippen LogP contribution in [0.2, 0.25) is 5.02 Å². The lowest BCUT2D eigenvalue weighted by Crippen LogP contribution is -2.44. The van der Waals surface area contributed by atoms with Gasteiger partial charge in [-0.3, -0.25) is 9.78 Å². The molecule has 3 rings (SSSR count). The summed E-state index contributed by atoms with van der Waals surface area (Å²) in [5, 5.41) is -0.537. The molecule has 0 atom stereocenters. The Morgan fingerprint density at radius 2 is 2.07 bits per heavy atom. The number of carbonyl (C=O) groups is 1. The third-order valence-corrected chi connectivity index (χ3v) is 4.32. The molecule has 1 aliphatic rings. The number of pyridine rings is 1. The molecule has 0 aliphatic carbocycles. The molecular weight excluding hydrogens is 370 g/mol. The highest BCUT2D eigenvalue weighted by Gasteiger charge is 2.35. The number of nitrogens with zero attached hydrogens (tertiary/aromatic N) is 2. The van der Waals surface area contributed by atoms with Crippen molar-refractivity contribution in [1.29, 1.82) is 0 Å². The van der Waals surface area contributed by atoms with Gasteiger partial charge in [-0.25, -0.2) is 8.78 Å². The van der Waals surface area contributed by atoms with Crippen LogP contribution in [0, 0.1) is 12.7 Å². The molecule has 144 valence electrons. The third-order valence-electron chi connectivity index (χ3n) is 4.03. The van der Waals surface area contributed by atoms with E-state index in [2.05, 4.69) is 4.98 Å². The first-order valence-corrected chi connectivity index (χ1v) is 8.70. The zero-order valence-corrected chi connectivity index (χ0v) is 15.3. The molecular formula is C21H23ClF2N2O.